The largest absolute Gasteiger partial charge is 0.463 e. The third-order valence-electron chi connectivity index (χ3n) is 4.35. The molecule has 1 aromatic carbocycles. The molecule has 1 N–H and O–H groups in total. The van der Waals surface area contributed by atoms with Gasteiger partial charge in [0.1, 0.15) is 16.8 Å². The Labute approximate surface area is 195 Å². The third-order valence-corrected chi connectivity index (χ3v) is 5.31. The van der Waals surface area contributed by atoms with Gasteiger partial charge in [-0.3, -0.25) is 0 Å². The van der Waals surface area contributed by atoms with E-state index in [1.807, 2.05) is 0 Å². The first-order valence-electron chi connectivity index (χ1n) is 9.72. The van der Waals surface area contributed by atoms with Crippen LogP contribution in [0.5, 0.6) is 0 Å². The number of anilines is 2. The number of rotatable bonds is 4. The summed E-state index contributed by atoms with van der Waals surface area (Å²) in [5.41, 5.74) is 0.276. The summed E-state index contributed by atoms with van der Waals surface area (Å²) in [5, 5.41) is 33.3. The molecule has 0 saturated carbocycles. The van der Waals surface area contributed by atoms with Gasteiger partial charge < -0.3 is 20.0 Å². The number of amides is 1. The lowest BCUT2D eigenvalue weighted by Crippen LogP contribution is -2.33. The molecule has 0 fully saturated rings. The Hall–Kier alpha value is -4.46. The fraction of sp³-hybridized carbons (Fsp3) is 0.200. The molecule has 3 aromatic heterocycles. The number of carbonyl (C=O) groups is 2. The van der Waals surface area contributed by atoms with E-state index >= 15 is 0 Å². The van der Waals surface area contributed by atoms with Crippen LogP contribution in [0.4, 0.5) is 26.2 Å². The molecule has 174 valence electrons. The molecular weight excluding hydrogens is 466 g/mol. The maximum absolute atomic E-state index is 13.1. The van der Waals surface area contributed by atoms with Gasteiger partial charge in [-0.25, -0.2) is 14.5 Å². The van der Waals surface area contributed by atoms with Gasteiger partial charge in [0, 0.05) is 17.0 Å². The summed E-state index contributed by atoms with van der Waals surface area (Å²) in [5.74, 6) is -0.348. The molecule has 1 amide bonds. The maximum atomic E-state index is 13.1. The van der Waals surface area contributed by atoms with Crippen molar-refractivity contribution in [3.63, 3.8) is 0 Å². The zero-order valence-electron chi connectivity index (χ0n) is 18.1. The molecule has 34 heavy (non-hydrogen) atoms. The second-order valence-corrected chi connectivity index (χ2v) is 8.90. The summed E-state index contributed by atoms with van der Waals surface area (Å²) in [6.07, 6.45) is 0.670. The van der Waals surface area contributed by atoms with Crippen molar-refractivity contribution in [1.82, 2.24) is 25.0 Å². The van der Waals surface area contributed by atoms with E-state index in [0.717, 1.165) is 16.0 Å². The molecule has 13 nitrogen and oxygen atoms in total. The van der Waals surface area contributed by atoms with Crippen molar-refractivity contribution in [2.75, 3.05) is 4.90 Å². The monoisotopic (exact) mass is 483 g/mol. The molecule has 0 aliphatic heterocycles. The number of nitrogens with zero attached hydrogens (tertiary/aromatic N) is 7. The molecule has 0 aliphatic carbocycles. The van der Waals surface area contributed by atoms with E-state index in [2.05, 4.69) is 20.3 Å². The molecule has 0 radical (unpaired) electrons. The molecule has 4 aromatic rings. The fourth-order valence-electron chi connectivity index (χ4n) is 2.99. The standard InChI is InChI=1S/C20H17N7O6S/c1-20(2,3)33-19(30)25(13-4-5-14-12(8-13)10-22-26(14)18(28)29)17-24-23-16(34-17)11-6-7-21-15(9-11)27(31)32/h4-10H,1-3H3,(H,28,29). The number of carbonyl (C=O) groups excluding carboxylic acids is 1. The van der Waals surface area contributed by atoms with Gasteiger partial charge in [-0.05, 0) is 54.9 Å². The SMILES string of the molecule is CC(C)(C)OC(=O)N(c1ccc2c(cnn2C(=O)O)c1)c1nnc(-c2ccnc([N+](=O)[O-])c2)s1. The molecule has 4 rings (SSSR count). The van der Waals surface area contributed by atoms with Crippen LogP contribution in [0.2, 0.25) is 0 Å². The quantitative estimate of drug-likeness (QED) is 0.323. The minimum atomic E-state index is -1.24. The second kappa shape index (κ2) is 8.47. The van der Waals surface area contributed by atoms with Crippen molar-refractivity contribution in [3.05, 3.63) is 52.8 Å². The van der Waals surface area contributed by atoms with Crippen LogP contribution in [0.1, 0.15) is 20.8 Å². The van der Waals surface area contributed by atoms with Gasteiger partial charge in [-0.15, -0.1) is 10.2 Å². The lowest BCUT2D eigenvalue weighted by atomic mass is 10.2. The van der Waals surface area contributed by atoms with Crippen LogP contribution in [-0.2, 0) is 4.74 Å². The second-order valence-electron chi connectivity index (χ2n) is 7.95. The average molecular weight is 483 g/mol. The van der Waals surface area contributed by atoms with Gasteiger partial charge in [-0.1, -0.05) is 11.3 Å². The maximum Gasteiger partial charge on any atom is 0.432 e. The molecule has 0 bridgehead atoms. The number of hydrogen-bond donors (Lipinski definition) is 1. The number of carboxylic acid groups (broad SMARTS) is 1. The van der Waals surface area contributed by atoms with E-state index < -0.39 is 22.7 Å². The molecule has 0 atom stereocenters. The predicted molar refractivity (Wildman–Crippen MR) is 121 cm³/mol. The summed E-state index contributed by atoms with van der Waals surface area (Å²) < 4.78 is 6.36. The lowest BCUT2D eigenvalue weighted by molar-refractivity contribution is -0.389. The Balaban J connectivity index is 1.78. The van der Waals surface area contributed by atoms with Crippen LogP contribution < -0.4 is 4.90 Å². The number of benzene rings is 1. The highest BCUT2D eigenvalue weighted by molar-refractivity contribution is 7.18. The Morgan fingerprint density at radius 2 is 1.97 bits per heavy atom. The fourth-order valence-corrected chi connectivity index (χ4v) is 3.84. The normalized spacial score (nSPS) is 11.4. The molecule has 0 aliphatic rings. The zero-order valence-corrected chi connectivity index (χ0v) is 18.9. The summed E-state index contributed by atoms with van der Waals surface area (Å²) in [6, 6.07) is 7.42. The molecular formula is C20H17N7O6S. The van der Waals surface area contributed by atoms with E-state index in [9.17, 15) is 24.8 Å². The number of nitro groups is 1. The topological polar surface area (TPSA) is 166 Å². The number of aromatic nitrogens is 5. The Bertz CT molecular complexity index is 1420. The lowest BCUT2D eigenvalue weighted by Gasteiger charge is -2.25. The highest BCUT2D eigenvalue weighted by Crippen LogP contribution is 2.35. The Morgan fingerprint density at radius 1 is 1.21 bits per heavy atom. The highest BCUT2D eigenvalue weighted by atomic mass is 32.1. The van der Waals surface area contributed by atoms with Crippen LogP contribution in [0.25, 0.3) is 21.5 Å². The van der Waals surface area contributed by atoms with Gasteiger partial charge in [0.2, 0.25) is 5.13 Å². The predicted octanol–water partition coefficient (Wildman–Crippen LogP) is 4.46. The van der Waals surface area contributed by atoms with Crippen molar-refractivity contribution in [2.24, 2.45) is 0 Å². The van der Waals surface area contributed by atoms with Gasteiger partial charge in [0.15, 0.2) is 0 Å². The Kier molecular flexibility index (Phi) is 5.66. The van der Waals surface area contributed by atoms with Crippen molar-refractivity contribution in [2.45, 2.75) is 26.4 Å². The van der Waals surface area contributed by atoms with Crippen molar-refractivity contribution in [3.8, 4) is 10.6 Å². The van der Waals surface area contributed by atoms with E-state index in [-0.39, 0.29) is 10.9 Å². The van der Waals surface area contributed by atoms with Gasteiger partial charge in [0.05, 0.1) is 17.4 Å². The van der Waals surface area contributed by atoms with Crippen LogP contribution in [-0.4, -0.2) is 52.8 Å². The molecule has 0 saturated heterocycles. The average Bonchev–Trinajstić information content (AvgIpc) is 3.40. The number of pyridine rings is 1. The van der Waals surface area contributed by atoms with Crippen LogP contribution in [0, 0.1) is 10.1 Å². The van der Waals surface area contributed by atoms with Crippen LogP contribution >= 0.6 is 11.3 Å². The van der Waals surface area contributed by atoms with Gasteiger partial charge >= 0.3 is 18.0 Å². The van der Waals surface area contributed by atoms with Crippen molar-refractivity contribution < 1.29 is 24.4 Å². The zero-order chi connectivity index (χ0) is 24.6. The summed E-state index contributed by atoms with van der Waals surface area (Å²) in [4.78, 5) is 39.8. The Morgan fingerprint density at radius 3 is 2.65 bits per heavy atom. The van der Waals surface area contributed by atoms with E-state index in [0.29, 0.717) is 27.2 Å². The third kappa shape index (κ3) is 4.52. The van der Waals surface area contributed by atoms with Crippen LogP contribution in [0.15, 0.2) is 42.7 Å². The number of hydrogen-bond acceptors (Lipinski definition) is 10. The van der Waals surface area contributed by atoms with E-state index in [1.54, 1.807) is 32.9 Å². The van der Waals surface area contributed by atoms with Crippen molar-refractivity contribution in [1.29, 1.82) is 0 Å². The summed E-state index contributed by atoms with van der Waals surface area (Å²) >= 11 is 1.02. The van der Waals surface area contributed by atoms with E-state index in [1.165, 1.54) is 35.5 Å². The summed E-state index contributed by atoms with van der Waals surface area (Å²) in [6.45, 7) is 5.14. The van der Waals surface area contributed by atoms with Gasteiger partial charge in [-0.2, -0.15) is 9.78 Å². The number of ether oxygens (including phenoxy) is 1. The first kappa shape index (κ1) is 22.7. The van der Waals surface area contributed by atoms with Gasteiger partial charge in [0.25, 0.3) is 0 Å². The van der Waals surface area contributed by atoms with E-state index in [4.69, 9.17) is 4.74 Å². The highest BCUT2D eigenvalue weighted by Gasteiger charge is 2.29. The minimum Gasteiger partial charge on any atom is -0.463 e. The molecule has 3 heterocycles. The molecule has 0 unspecified atom stereocenters. The molecule has 14 heteroatoms. The van der Waals surface area contributed by atoms with Crippen LogP contribution in [0.3, 0.4) is 0 Å². The molecule has 0 spiro atoms. The number of fused-ring (bicyclic) bond motifs is 1. The first-order valence-corrected chi connectivity index (χ1v) is 10.5. The van der Waals surface area contributed by atoms with Crippen molar-refractivity contribution >= 4 is 51.1 Å². The summed E-state index contributed by atoms with van der Waals surface area (Å²) in [7, 11) is 0. The minimum absolute atomic E-state index is 0.147. The first-order chi connectivity index (χ1) is 16.0. The smallest absolute Gasteiger partial charge is 0.432 e.